The first-order valence-corrected chi connectivity index (χ1v) is 19.4. The molecule has 3 aromatic rings. The molecule has 2 heteroatoms. The van der Waals surface area contributed by atoms with Crippen molar-refractivity contribution < 1.29 is 9.84 Å². The van der Waals surface area contributed by atoms with Gasteiger partial charge in [-0.25, -0.2) is 0 Å². The number of hydrogen-bond donors (Lipinski definition) is 1. The quantitative estimate of drug-likeness (QED) is 0.176. The van der Waals surface area contributed by atoms with Crippen molar-refractivity contribution in [3.05, 3.63) is 119 Å². The van der Waals surface area contributed by atoms with Crippen molar-refractivity contribution in [2.45, 2.75) is 123 Å². The average molecular weight is 645 g/mol. The summed E-state index contributed by atoms with van der Waals surface area (Å²) in [5, 5.41) is 11.8. The fourth-order valence-corrected chi connectivity index (χ4v) is 11.5. The molecule has 4 aliphatic carbocycles. The van der Waals surface area contributed by atoms with Gasteiger partial charge in [-0.15, -0.1) is 0 Å². The summed E-state index contributed by atoms with van der Waals surface area (Å²) in [6, 6.07) is 32.7. The Morgan fingerprint density at radius 3 is 1.90 bits per heavy atom. The maximum atomic E-state index is 11.8. The van der Waals surface area contributed by atoms with E-state index in [1.54, 1.807) is 5.57 Å². The van der Waals surface area contributed by atoms with E-state index in [9.17, 15) is 5.11 Å². The molecule has 2 nitrogen and oxygen atoms in total. The van der Waals surface area contributed by atoms with Crippen LogP contribution in [0.5, 0.6) is 0 Å². The third-order valence-electron chi connectivity index (χ3n) is 14.0. The number of aliphatic hydroxyl groups excluding tert-OH is 1. The van der Waals surface area contributed by atoms with Crippen molar-refractivity contribution in [1.82, 2.24) is 0 Å². The van der Waals surface area contributed by atoms with Gasteiger partial charge < -0.3 is 9.84 Å². The molecule has 0 unspecified atom stereocenters. The summed E-state index contributed by atoms with van der Waals surface area (Å²) in [6.07, 6.45) is 13.2. The van der Waals surface area contributed by atoms with E-state index in [0.29, 0.717) is 23.7 Å². The summed E-state index contributed by atoms with van der Waals surface area (Å²) in [7, 11) is 0. The molecule has 48 heavy (non-hydrogen) atoms. The number of allylic oxidation sites excluding steroid dienone is 1. The number of aliphatic hydroxyl groups is 1. The van der Waals surface area contributed by atoms with Crippen molar-refractivity contribution in [3.8, 4) is 0 Å². The molecule has 0 radical (unpaired) electrons. The predicted octanol–water partition coefficient (Wildman–Crippen LogP) is 11.5. The zero-order chi connectivity index (χ0) is 33.5. The highest BCUT2D eigenvalue weighted by Crippen LogP contribution is 2.66. The second-order valence-corrected chi connectivity index (χ2v) is 17.1. The average Bonchev–Trinajstić information content (AvgIpc) is 3.38. The molecule has 4 aliphatic rings. The smallest absolute Gasteiger partial charge is 0.144 e. The summed E-state index contributed by atoms with van der Waals surface area (Å²) in [6.45, 7) is 12.3. The van der Waals surface area contributed by atoms with Crippen molar-refractivity contribution in [3.63, 3.8) is 0 Å². The standard InChI is InChI=1S/C46H60O2/c1-32(2)16-15-17-33(3)41-31-42(47)43-39-25-24-37-30-38(26-28-44(37,4)40(39)27-29-45(41,43)5)48-46(34-18-9-6-10-19-34,35-20-11-7-12-21-35)36-22-13-8-14-23-36/h6-14,18-23,32-33,37-38,40-42,47H,15-17,24-31H2,1-5H3/t33-,37+,38+,40+,41-,42+,44+,45-/m1/s1. The Kier molecular flexibility index (Phi) is 9.55. The SMILES string of the molecule is CC(C)CCC[C@@H](C)[C@H]1C[C@H](O)C2=C3CC[C@H]4C[C@@H](OC(c5ccccc5)(c5ccccc5)c5ccccc5)CC[C@]4(C)[C@H]3CC[C@@]21C. The zero-order valence-electron chi connectivity index (χ0n) is 30.3. The highest BCUT2D eigenvalue weighted by Gasteiger charge is 2.58. The molecule has 1 N–H and O–H groups in total. The Bertz CT molecular complexity index is 1450. The number of fused-ring (bicyclic) bond motifs is 4. The van der Waals surface area contributed by atoms with Gasteiger partial charge in [0, 0.05) is 0 Å². The lowest BCUT2D eigenvalue weighted by molar-refractivity contribution is -0.111. The molecule has 7 rings (SSSR count). The summed E-state index contributed by atoms with van der Waals surface area (Å²) in [5.41, 5.74) is 6.55. The van der Waals surface area contributed by atoms with Gasteiger partial charge in [0.2, 0.25) is 0 Å². The highest BCUT2D eigenvalue weighted by atomic mass is 16.5. The van der Waals surface area contributed by atoms with Crippen LogP contribution in [0.1, 0.15) is 122 Å². The molecule has 3 fully saturated rings. The lowest BCUT2D eigenvalue weighted by atomic mass is 9.48. The minimum atomic E-state index is -0.661. The molecule has 3 aromatic carbocycles. The van der Waals surface area contributed by atoms with Crippen LogP contribution >= 0.6 is 0 Å². The second-order valence-electron chi connectivity index (χ2n) is 17.1. The normalized spacial score (nSPS) is 32.4. The van der Waals surface area contributed by atoms with Gasteiger partial charge in [-0.05, 0) is 114 Å². The van der Waals surface area contributed by atoms with Crippen LogP contribution in [0.3, 0.4) is 0 Å². The third kappa shape index (κ3) is 5.83. The molecule has 0 heterocycles. The molecule has 0 spiro atoms. The Labute approximate surface area is 291 Å². The van der Waals surface area contributed by atoms with E-state index in [-0.39, 0.29) is 23.0 Å². The fourth-order valence-electron chi connectivity index (χ4n) is 11.5. The van der Waals surface area contributed by atoms with Gasteiger partial charge in [0.15, 0.2) is 0 Å². The van der Waals surface area contributed by atoms with Crippen molar-refractivity contribution >= 4 is 0 Å². The van der Waals surface area contributed by atoms with Gasteiger partial charge in [-0.1, -0.05) is 150 Å². The minimum Gasteiger partial charge on any atom is -0.389 e. The maximum Gasteiger partial charge on any atom is 0.144 e. The number of benzene rings is 3. The first-order valence-electron chi connectivity index (χ1n) is 19.4. The van der Waals surface area contributed by atoms with Gasteiger partial charge >= 0.3 is 0 Å². The first-order chi connectivity index (χ1) is 23.2. The van der Waals surface area contributed by atoms with Crippen LogP contribution in [0.15, 0.2) is 102 Å². The van der Waals surface area contributed by atoms with Gasteiger partial charge in [0.25, 0.3) is 0 Å². The van der Waals surface area contributed by atoms with Crippen molar-refractivity contribution in [2.75, 3.05) is 0 Å². The zero-order valence-corrected chi connectivity index (χ0v) is 30.3. The van der Waals surface area contributed by atoms with Gasteiger partial charge in [0.1, 0.15) is 5.60 Å². The molecule has 3 saturated carbocycles. The van der Waals surface area contributed by atoms with Crippen LogP contribution in [-0.4, -0.2) is 17.3 Å². The summed E-state index contributed by atoms with van der Waals surface area (Å²) < 4.78 is 7.60. The largest absolute Gasteiger partial charge is 0.389 e. The molecule has 0 bridgehead atoms. The molecule has 0 amide bonds. The Balaban J connectivity index is 1.16. The van der Waals surface area contributed by atoms with E-state index in [1.807, 2.05) is 0 Å². The van der Waals surface area contributed by atoms with Gasteiger partial charge in [0.05, 0.1) is 12.2 Å². The van der Waals surface area contributed by atoms with Crippen molar-refractivity contribution in [2.24, 2.45) is 40.4 Å². The first kappa shape index (κ1) is 33.8. The number of rotatable bonds is 10. The highest BCUT2D eigenvalue weighted by molar-refractivity contribution is 5.47. The topological polar surface area (TPSA) is 29.5 Å². The van der Waals surface area contributed by atoms with Crippen LogP contribution in [0.2, 0.25) is 0 Å². The second kappa shape index (κ2) is 13.6. The lowest BCUT2D eigenvalue weighted by Crippen LogP contribution is -2.50. The van der Waals surface area contributed by atoms with E-state index in [0.717, 1.165) is 31.6 Å². The molecule has 8 atom stereocenters. The minimum absolute atomic E-state index is 0.173. The number of ether oxygens (including phenoxy) is 1. The molecule has 256 valence electrons. The van der Waals surface area contributed by atoms with Crippen LogP contribution < -0.4 is 0 Å². The van der Waals surface area contributed by atoms with Gasteiger partial charge in [-0.2, -0.15) is 0 Å². The van der Waals surface area contributed by atoms with E-state index in [1.165, 1.54) is 67.2 Å². The molecule has 0 saturated heterocycles. The van der Waals surface area contributed by atoms with Crippen molar-refractivity contribution in [1.29, 1.82) is 0 Å². The van der Waals surface area contributed by atoms with E-state index in [2.05, 4.69) is 126 Å². The van der Waals surface area contributed by atoms with Gasteiger partial charge in [-0.3, -0.25) is 0 Å². The van der Waals surface area contributed by atoms with E-state index in [4.69, 9.17) is 4.74 Å². The molecule has 0 aromatic heterocycles. The van der Waals surface area contributed by atoms with Crippen LogP contribution in [0.25, 0.3) is 0 Å². The maximum absolute atomic E-state index is 11.8. The third-order valence-corrected chi connectivity index (χ3v) is 14.0. The molecular weight excluding hydrogens is 585 g/mol. The fraction of sp³-hybridized carbons (Fsp3) is 0.565. The summed E-state index contributed by atoms with van der Waals surface area (Å²) in [5.74, 6) is 3.31. The van der Waals surface area contributed by atoms with E-state index >= 15 is 0 Å². The monoisotopic (exact) mass is 644 g/mol. The Hall–Kier alpha value is -2.68. The van der Waals surface area contributed by atoms with Crippen LogP contribution in [-0.2, 0) is 10.3 Å². The molecule has 0 aliphatic heterocycles. The van der Waals surface area contributed by atoms with Crippen LogP contribution in [0.4, 0.5) is 0 Å². The Morgan fingerprint density at radius 1 is 0.750 bits per heavy atom. The predicted molar refractivity (Wildman–Crippen MR) is 199 cm³/mol. The van der Waals surface area contributed by atoms with E-state index < -0.39 is 5.60 Å². The summed E-state index contributed by atoms with van der Waals surface area (Å²) in [4.78, 5) is 0. The summed E-state index contributed by atoms with van der Waals surface area (Å²) >= 11 is 0. The lowest BCUT2D eigenvalue weighted by Gasteiger charge is -2.57. The molecular formula is C46H60O2. The number of hydrogen-bond acceptors (Lipinski definition) is 2. The Morgan fingerprint density at radius 2 is 1.33 bits per heavy atom. The van der Waals surface area contributed by atoms with Crippen LogP contribution in [0, 0.1) is 40.4 Å².